The molecule has 0 saturated carbocycles. The lowest BCUT2D eigenvalue weighted by Gasteiger charge is -2.27. The average molecular weight is 236 g/mol. The molecule has 0 atom stereocenters. The van der Waals surface area contributed by atoms with Crippen molar-refractivity contribution >= 4 is 24.0 Å². The Bertz CT molecular complexity index is 293. The van der Waals surface area contributed by atoms with Crippen LogP contribution in [-0.2, 0) is 6.42 Å². The Labute approximate surface area is 94.1 Å². The highest BCUT2D eigenvalue weighted by Crippen LogP contribution is 2.23. The molecule has 1 N–H and O–H groups in total. The summed E-state index contributed by atoms with van der Waals surface area (Å²) in [7, 11) is 0. The number of benzene rings is 1. The number of rotatable bonds is 2. The van der Waals surface area contributed by atoms with Crippen molar-refractivity contribution < 1.29 is 4.39 Å². The molecule has 1 aromatic carbocycles. The zero-order valence-corrected chi connectivity index (χ0v) is 9.17. The van der Waals surface area contributed by atoms with Crippen LogP contribution in [0.15, 0.2) is 18.2 Å². The van der Waals surface area contributed by atoms with Gasteiger partial charge in [0.15, 0.2) is 0 Å². The summed E-state index contributed by atoms with van der Waals surface area (Å²) in [6.45, 7) is 1.95. The van der Waals surface area contributed by atoms with E-state index in [1.165, 1.54) is 6.07 Å². The van der Waals surface area contributed by atoms with Crippen LogP contribution in [0.5, 0.6) is 0 Å². The minimum atomic E-state index is -0.181. The third-order valence-corrected chi connectivity index (χ3v) is 2.77. The maximum absolute atomic E-state index is 13.3. The summed E-state index contributed by atoms with van der Waals surface area (Å²) in [6.07, 6.45) is 0.749. The van der Waals surface area contributed by atoms with Crippen LogP contribution in [0.2, 0.25) is 5.02 Å². The molecule has 0 spiro atoms. The summed E-state index contributed by atoms with van der Waals surface area (Å²) < 4.78 is 13.3. The van der Waals surface area contributed by atoms with E-state index in [2.05, 4.69) is 5.32 Å². The van der Waals surface area contributed by atoms with Crippen LogP contribution in [0.4, 0.5) is 4.39 Å². The maximum atomic E-state index is 13.3. The van der Waals surface area contributed by atoms with Gasteiger partial charge in [-0.2, -0.15) is 0 Å². The first-order valence-electron chi connectivity index (χ1n) is 4.41. The van der Waals surface area contributed by atoms with E-state index in [4.69, 9.17) is 11.6 Å². The molecule has 1 aromatic rings. The zero-order valence-electron chi connectivity index (χ0n) is 7.59. The van der Waals surface area contributed by atoms with Gasteiger partial charge in [0.2, 0.25) is 0 Å². The van der Waals surface area contributed by atoms with Crippen LogP contribution in [0, 0.1) is 11.7 Å². The summed E-state index contributed by atoms with van der Waals surface area (Å²) in [4.78, 5) is 0. The molecular formula is C10H12Cl2FN. The fraction of sp³-hybridized carbons (Fsp3) is 0.400. The number of hydrogen-bond donors (Lipinski definition) is 1. The van der Waals surface area contributed by atoms with E-state index in [1.54, 1.807) is 12.1 Å². The van der Waals surface area contributed by atoms with E-state index in [1.807, 2.05) is 0 Å². The Hall–Kier alpha value is -0.310. The molecule has 0 aromatic heterocycles. The van der Waals surface area contributed by atoms with E-state index >= 15 is 0 Å². The smallest absolute Gasteiger partial charge is 0.127 e. The first-order chi connectivity index (χ1) is 6.27. The van der Waals surface area contributed by atoms with Crippen LogP contribution in [-0.4, -0.2) is 13.1 Å². The van der Waals surface area contributed by atoms with Crippen LogP contribution < -0.4 is 5.32 Å². The quantitative estimate of drug-likeness (QED) is 0.832. The molecule has 0 amide bonds. The van der Waals surface area contributed by atoms with Crippen molar-refractivity contribution in [3.8, 4) is 0 Å². The Kier molecular flexibility index (Phi) is 4.17. The predicted octanol–water partition coefficient (Wildman–Crippen LogP) is 2.66. The van der Waals surface area contributed by atoms with Crippen molar-refractivity contribution in [1.82, 2.24) is 5.32 Å². The summed E-state index contributed by atoms with van der Waals surface area (Å²) >= 11 is 5.89. The molecule has 1 aliphatic heterocycles. The highest BCUT2D eigenvalue weighted by atomic mass is 35.5. The lowest BCUT2D eigenvalue weighted by molar-refractivity contribution is 0.343. The molecule has 2 rings (SSSR count). The lowest BCUT2D eigenvalue weighted by atomic mass is 9.94. The van der Waals surface area contributed by atoms with Crippen molar-refractivity contribution in [2.75, 3.05) is 13.1 Å². The van der Waals surface area contributed by atoms with Gasteiger partial charge in [-0.05, 0) is 37.6 Å². The Morgan fingerprint density at radius 1 is 1.43 bits per heavy atom. The first-order valence-corrected chi connectivity index (χ1v) is 4.79. The van der Waals surface area contributed by atoms with Gasteiger partial charge in [0.05, 0.1) is 0 Å². The number of nitrogens with one attached hydrogen (secondary N) is 1. The van der Waals surface area contributed by atoms with E-state index in [0.29, 0.717) is 16.5 Å². The Morgan fingerprint density at radius 2 is 2.14 bits per heavy atom. The van der Waals surface area contributed by atoms with Crippen LogP contribution in [0.1, 0.15) is 5.56 Å². The minimum absolute atomic E-state index is 0. The third kappa shape index (κ3) is 2.38. The predicted molar refractivity (Wildman–Crippen MR) is 58.7 cm³/mol. The third-order valence-electron chi connectivity index (χ3n) is 2.42. The molecule has 1 saturated heterocycles. The monoisotopic (exact) mass is 235 g/mol. The van der Waals surface area contributed by atoms with Gasteiger partial charge in [-0.15, -0.1) is 12.4 Å². The summed E-state index contributed by atoms with van der Waals surface area (Å²) in [6, 6.07) is 4.85. The molecule has 78 valence electrons. The summed E-state index contributed by atoms with van der Waals surface area (Å²) in [5.41, 5.74) is 0.663. The fourth-order valence-corrected chi connectivity index (χ4v) is 1.75. The van der Waals surface area contributed by atoms with Crippen molar-refractivity contribution in [3.63, 3.8) is 0 Å². The first kappa shape index (κ1) is 11.8. The highest BCUT2D eigenvalue weighted by Gasteiger charge is 2.19. The average Bonchev–Trinajstić information content (AvgIpc) is 2.00. The molecule has 1 fully saturated rings. The Balaban J connectivity index is 0.000000980. The molecule has 1 heterocycles. The van der Waals surface area contributed by atoms with Gasteiger partial charge >= 0.3 is 0 Å². The molecule has 0 radical (unpaired) electrons. The van der Waals surface area contributed by atoms with Crippen molar-refractivity contribution in [1.29, 1.82) is 0 Å². The van der Waals surface area contributed by atoms with E-state index in [0.717, 1.165) is 19.5 Å². The van der Waals surface area contributed by atoms with Crippen molar-refractivity contribution in [3.05, 3.63) is 34.6 Å². The standard InChI is InChI=1S/C10H11ClFN.ClH/c11-9-2-1-3-10(12)8(9)4-7-5-13-6-7;/h1-3,7,13H,4-6H2;1H. The van der Waals surface area contributed by atoms with Crippen molar-refractivity contribution in [2.24, 2.45) is 5.92 Å². The van der Waals surface area contributed by atoms with E-state index in [-0.39, 0.29) is 18.2 Å². The molecule has 4 heteroatoms. The second kappa shape index (κ2) is 4.96. The summed E-state index contributed by atoms with van der Waals surface area (Å²) in [5.74, 6) is 0.369. The normalized spacial score (nSPS) is 15.9. The van der Waals surface area contributed by atoms with Gasteiger partial charge in [0.1, 0.15) is 5.82 Å². The minimum Gasteiger partial charge on any atom is -0.316 e. The van der Waals surface area contributed by atoms with Crippen LogP contribution >= 0.6 is 24.0 Å². The fourth-order valence-electron chi connectivity index (χ4n) is 1.51. The lowest BCUT2D eigenvalue weighted by Crippen LogP contribution is -2.43. The van der Waals surface area contributed by atoms with Gasteiger partial charge in [-0.25, -0.2) is 4.39 Å². The van der Waals surface area contributed by atoms with Crippen LogP contribution in [0.25, 0.3) is 0 Å². The van der Waals surface area contributed by atoms with E-state index in [9.17, 15) is 4.39 Å². The molecule has 1 aliphatic rings. The molecule has 0 unspecified atom stereocenters. The van der Waals surface area contributed by atoms with Gasteiger partial charge in [0.25, 0.3) is 0 Å². The van der Waals surface area contributed by atoms with Gasteiger partial charge in [-0.1, -0.05) is 17.7 Å². The second-order valence-electron chi connectivity index (χ2n) is 3.43. The zero-order chi connectivity index (χ0) is 9.26. The maximum Gasteiger partial charge on any atom is 0.127 e. The molecular weight excluding hydrogens is 224 g/mol. The SMILES string of the molecule is Cl.Fc1cccc(Cl)c1CC1CNC1. The van der Waals surface area contributed by atoms with E-state index < -0.39 is 0 Å². The number of halogens is 3. The van der Waals surface area contributed by atoms with Crippen LogP contribution in [0.3, 0.4) is 0 Å². The summed E-state index contributed by atoms with van der Waals surface area (Å²) in [5, 5.41) is 3.70. The van der Waals surface area contributed by atoms with Gasteiger partial charge < -0.3 is 5.32 Å². The highest BCUT2D eigenvalue weighted by molar-refractivity contribution is 6.31. The van der Waals surface area contributed by atoms with Gasteiger partial charge in [-0.3, -0.25) is 0 Å². The molecule has 1 nitrogen and oxygen atoms in total. The topological polar surface area (TPSA) is 12.0 Å². The molecule has 0 bridgehead atoms. The number of hydrogen-bond acceptors (Lipinski definition) is 1. The molecule has 0 aliphatic carbocycles. The Morgan fingerprint density at radius 3 is 2.64 bits per heavy atom. The largest absolute Gasteiger partial charge is 0.316 e. The van der Waals surface area contributed by atoms with Crippen molar-refractivity contribution in [2.45, 2.75) is 6.42 Å². The second-order valence-corrected chi connectivity index (χ2v) is 3.84. The molecule has 14 heavy (non-hydrogen) atoms. The van der Waals surface area contributed by atoms with Gasteiger partial charge in [0, 0.05) is 10.6 Å².